The standard InChI is InChI=1S/C9H15NO2/c11-9(10-6-1-2-7-10)12-8-4-3-5-8/h8H,1-7H2. The van der Waals surface area contributed by atoms with Crippen molar-refractivity contribution in [3.05, 3.63) is 0 Å². The van der Waals surface area contributed by atoms with Gasteiger partial charge in [-0.2, -0.15) is 0 Å². The highest BCUT2D eigenvalue weighted by Crippen LogP contribution is 2.23. The summed E-state index contributed by atoms with van der Waals surface area (Å²) in [6.45, 7) is 1.79. The van der Waals surface area contributed by atoms with Gasteiger partial charge < -0.3 is 9.64 Å². The minimum absolute atomic E-state index is 0.0859. The molecule has 12 heavy (non-hydrogen) atoms. The van der Waals surface area contributed by atoms with Crippen molar-refractivity contribution < 1.29 is 9.53 Å². The second kappa shape index (κ2) is 3.33. The van der Waals surface area contributed by atoms with Crippen LogP contribution in [0, 0.1) is 0 Å². The molecule has 2 rings (SSSR count). The molecule has 1 amide bonds. The highest BCUT2D eigenvalue weighted by atomic mass is 16.6. The van der Waals surface area contributed by atoms with Gasteiger partial charge in [0, 0.05) is 13.1 Å². The maximum Gasteiger partial charge on any atom is 0.410 e. The third-order valence-electron chi connectivity index (χ3n) is 2.68. The Bertz CT molecular complexity index is 171. The number of carbonyl (C=O) groups excluding carboxylic acids is 1. The number of amides is 1. The first-order valence-electron chi connectivity index (χ1n) is 4.82. The van der Waals surface area contributed by atoms with E-state index in [0.717, 1.165) is 38.8 Å². The molecule has 68 valence electrons. The Kier molecular flexibility index (Phi) is 2.19. The van der Waals surface area contributed by atoms with Crippen molar-refractivity contribution in [1.82, 2.24) is 4.90 Å². The molecule has 0 bridgehead atoms. The summed E-state index contributed by atoms with van der Waals surface area (Å²) in [4.78, 5) is 13.2. The molecule has 0 aromatic heterocycles. The highest BCUT2D eigenvalue weighted by molar-refractivity contribution is 5.68. The van der Waals surface area contributed by atoms with E-state index in [4.69, 9.17) is 4.74 Å². The molecule has 1 saturated heterocycles. The molecule has 1 saturated carbocycles. The van der Waals surface area contributed by atoms with Gasteiger partial charge in [-0.1, -0.05) is 0 Å². The van der Waals surface area contributed by atoms with Crippen LogP contribution in [0.15, 0.2) is 0 Å². The molecule has 0 aromatic rings. The minimum Gasteiger partial charge on any atom is -0.446 e. The molecule has 0 unspecified atom stereocenters. The second-order valence-electron chi connectivity index (χ2n) is 3.63. The zero-order valence-corrected chi connectivity index (χ0v) is 7.29. The Morgan fingerprint density at radius 3 is 2.33 bits per heavy atom. The summed E-state index contributed by atoms with van der Waals surface area (Å²) in [6, 6.07) is 0. The maximum absolute atomic E-state index is 11.4. The Hall–Kier alpha value is -0.730. The van der Waals surface area contributed by atoms with E-state index in [-0.39, 0.29) is 12.2 Å². The number of hydrogen-bond donors (Lipinski definition) is 0. The first-order valence-corrected chi connectivity index (χ1v) is 4.82. The fraction of sp³-hybridized carbons (Fsp3) is 0.889. The van der Waals surface area contributed by atoms with Gasteiger partial charge in [0.25, 0.3) is 0 Å². The molecule has 2 aliphatic rings. The number of hydrogen-bond acceptors (Lipinski definition) is 2. The average Bonchev–Trinajstić information content (AvgIpc) is 2.47. The van der Waals surface area contributed by atoms with Gasteiger partial charge in [0.2, 0.25) is 0 Å². The molecule has 3 heteroatoms. The van der Waals surface area contributed by atoms with Crippen LogP contribution in [-0.2, 0) is 4.74 Å². The maximum atomic E-state index is 11.4. The van der Waals surface area contributed by atoms with Crippen molar-refractivity contribution in [3.8, 4) is 0 Å². The van der Waals surface area contributed by atoms with Gasteiger partial charge in [-0.25, -0.2) is 4.79 Å². The molecule has 0 N–H and O–H groups in total. The number of carbonyl (C=O) groups is 1. The average molecular weight is 169 g/mol. The SMILES string of the molecule is O=C(OC1CCC1)N1CCCC1. The van der Waals surface area contributed by atoms with Crippen molar-refractivity contribution in [2.24, 2.45) is 0 Å². The van der Waals surface area contributed by atoms with Crippen molar-refractivity contribution in [2.75, 3.05) is 13.1 Å². The third-order valence-corrected chi connectivity index (χ3v) is 2.68. The first kappa shape index (κ1) is 7.90. The molecule has 0 aromatic carbocycles. The zero-order valence-electron chi connectivity index (χ0n) is 7.29. The fourth-order valence-corrected chi connectivity index (χ4v) is 1.61. The van der Waals surface area contributed by atoms with E-state index in [1.807, 2.05) is 4.90 Å². The first-order chi connectivity index (χ1) is 5.86. The normalized spacial score (nSPS) is 23.8. The van der Waals surface area contributed by atoms with E-state index in [0.29, 0.717) is 0 Å². The van der Waals surface area contributed by atoms with Gasteiger partial charge in [0.05, 0.1) is 0 Å². The van der Waals surface area contributed by atoms with Gasteiger partial charge in [0.1, 0.15) is 6.10 Å². The second-order valence-corrected chi connectivity index (χ2v) is 3.63. The van der Waals surface area contributed by atoms with Crippen molar-refractivity contribution >= 4 is 6.09 Å². The molecule has 2 fully saturated rings. The van der Waals surface area contributed by atoms with Gasteiger partial charge in [-0.15, -0.1) is 0 Å². The van der Waals surface area contributed by atoms with Crippen molar-refractivity contribution in [1.29, 1.82) is 0 Å². The predicted molar refractivity (Wildman–Crippen MR) is 44.9 cm³/mol. The van der Waals surface area contributed by atoms with Crippen LogP contribution in [0.25, 0.3) is 0 Å². The van der Waals surface area contributed by atoms with Crippen LogP contribution in [0.3, 0.4) is 0 Å². The largest absolute Gasteiger partial charge is 0.446 e. The molecular weight excluding hydrogens is 154 g/mol. The van der Waals surface area contributed by atoms with E-state index >= 15 is 0 Å². The zero-order chi connectivity index (χ0) is 8.39. The number of nitrogens with zero attached hydrogens (tertiary/aromatic N) is 1. The Labute approximate surface area is 72.7 Å². The Balaban J connectivity index is 1.74. The summed E-state index contributed by atoms with van der Waals surface area (Å²) in [6.07, 6.45) is 5.78. The lowest BCUT2D eigenvalue weighted by molar-refractivity contribution is 0.0311. The summed E-state index contributed by atoms with van der Waals surface area (Å²) in [7, 11) is 0. The van der Waals surface area contributed by atoms with Gasteiger partial charge >= 0.3 is 6.09 Å². The third kappa shape index (κ3) is 1.54. The molecule has 1 aliphatic carbocycles. The van der Waals surface area contributed by atoms with Crippen LogP contribution in [0.5, 0.6) is 0 Å². The summed E-state index contributed by atoms with van der Waals surface area (Å²) in [5.41, 5.74) is 0. The lowest BCUT2D eigenvalue weighted by Gasteiger charge is -2.27. The Morgan fingerprint density at radius 1 is 1.17 bits per heavy atom. The molecule has 3 nitrogen and oxygen atoms in total. The van der Waals surface area contributed by atoms with Crippen LogP contribution in [0.4, 0.5) is 4.79 Å². The van der Waals surface area contributed by atoms with E-state index in [9.17, 15) is 4.79 Å². The molecule has 0 atom stereocenters. The summed E-state index contributed by atoms with van der Waals surface area (Å²) >= 11 is 0. The van der Waals surface area contributed by atoms with Crippen LogP contribution >= 0.6 is 0 Å². The van der Waals surface area contributed by atoms with Crippen LogP contribution in [0.1, 0.15) is 32.1 Å². The quantitative estimate of drug-likeness (QED) is 0.598. The fourth-order valence-electron chi connectivity index (χ4n) is 1.61. The topological polar surface area (TPSA) is 29.5 Å². The minimum atomic E-state index is -0.0859. The van der Waals surface area contributed by atoms with Crippen LogP contribution in [-0.4, -0.2) is 30.2 Å². The van der Waals surface area contributed by atoms with Gasteiger partial charge in [0.15, 0.2) is 0 Å². The van der Waals surface area contributed by atoms with Gasteiger partial charge in [-0.05, 0) is 32.1 Å². The lowest BCUT2D eigenvalue weighted by atomic mass is 9.96. The Morgan fingerprint density at radius 2 is 1.83 bits per heavy atom. The summed E-state index contributed by atoms with van der Waals surface area (Å²) < 4.78 is 5.26. The molecular formula is C9H15NO2. The predicted octanol–water partition coefficient (Wildman–Crippen LogP) is 1.77. The van der Waals surface area contributed by atoms with Crippen LogP contribution in [0.2, 0.25) is 0 Å². The van der Waals surface area contributed by atoms with E-state index in [1.165, 1.54) is 6.42 Å². The van der Waals surface area contributed by atoms with Gasteiger partial charge in [-0.3, -0.25) is 0 Å². The molecule has 1 heterocycles. The number of ether oxygens (including phenoxy) is 1. The number of likely N-dealkylation sites (tertiary alicyclic amines) is 1. The molecule has 0 radical (unpaired) electrons. The van der Waals surface area contributed by atoms with Crippen molar-refractivity contribution in [3.63, 3.8) is 0 Å². The van der Waals surface area contributed by atoms with E-state index in [2.05, 4.69) is 0 Å². The lowest BCUT2D eigenvalue weighted by Crippen LogP contribution is -2.34. The summed E-state index contributed by atoms with van der Waals surface area (Å²) in [5, 5.41) is 0. The smallest absolute Gasteiger partial charge is 0.410 e. The van der Waals surface area contributed by atoms with E-state index < -0.39 is 0 Å². The monoisotopic (exact) mass is 169 g/mol. The molecule has 1 aliphatic heterocycles. The van der Waals surface area contributed by atoms with Crippen LogP contribution < -0.4 is 0 Å². The van der Waals surface area contributed by atoms with Crippen molar-refractivity contribution in [2.45, 2.75) is 38.2 Å². The number of rotatable bonds is 1. The summed E-state index contributed by atoms with van der Waals surface area (Å²) in [5.74, 6) is 0. The van der Waals surface area contributed by atoms with E-state index in [1.54, 1.807) is 0 Å². The molecule has 0 spiro atoms. The highest BCUT2D eigenvalue weighted by Gasteiger charge is 2.26.